The van der Waals surface area contributed by atoms with E-state index in [1.165, 1.54) is 12.8 Å². The van der Waals surface area contributed by atoms with Gasteiger partial charge in [0.2, 0.25) is 0 Å². The minimum atomic E-state index is -0.0946. The molecule has 0 atom stereocenters. The van der Waals surface area contributed by atoms with E-state index in [0.717, 1.165) is 57.2 Å². The summed E-state index contributed by atoms with van der Waals surface area (Å²) in [6.07, 6.45) is 8.51. The number of nitrogens with zero attached hydrogens (tertiary/aromatic N) is 3. The number of hydrogen-bond acceptors (Lipinski definition) is 4. The van der Waals surface area contributed by atoms with Gasteiger partial charge in [0.15, 0.2) is 0 Å². The summed E-state index contributed by atoms with van der Waals surface area (Å²) in [6, 6.07) is 10.1. The Morgan fingerprint density at radius 1 is 0.862 bits per heavy atom. The molecule has 3 aliphatic rings. The summed E-state index contributed by atoms with van der Waals surface area (Å²) in [7, 11) is 4.15. The molecule has 2 aliphatic heterocycles. The largest absolute Gasteiger partial charge is 0.366 e. The molecule has 29 heavy (non-hydrogen) atoms. The van der Waals surface area contributed by atoms with Gasteiger partial charge in [0.05, 0.1) is 5.57 Å². The standard InChI is InChI=1S/C24H33N3O2/c1-25-16-14-19(15-17-25)26(2)22-21(18-10-6-5-7-11-18)23(28)27(24(22)29)20-12-8-3-4-9-13-20/h5-7,10-11,19-20H,3-4,8-9,12-17H2,1-2H3. The van der Waals surface area contributed by atoms with Crippen molar-refractivity contribution in [2.45, 2.75) is 63.5 Å². The molecule has 1 saturated carbocycles. The molecule has 1 aliphatic carbocycles. The molecule has 2 amide bonds. The summed E-state index contributed by atoms with van der Waals surface area (Å²) in [4.78, 5) is 33.3. The van der Waals surface area contributed by atoms with Crippen LogP contribution in [0.15, 0.2) is 36.0 Å². The molecule has 0 radical (unpaired) electrons. The monoisotopic (exact) mass is 395 g/mol. The molecule has 1 saturated heterocycles. The molecule has 4 rings (SSSR count). The number of piperidine rings is 1. The number of rotatable bonds is 4. The van der Waals surface area contributed by atoms with Gasteiger partial charge in [-0.1, -0.05) is 56.0 Å². The zero-order valence-corrected chi connectivity index (χ0v) is 17.8. The topological polar surface area (TPSA) is 43.9 Å². The first-order valence-corrected chi connectivity index (χ1v) is 11.2. The van der Waals surface area contributed by atoms with Crippen LogP contribution in [0.4, 0.5) is 0 Å². The molecule has 2 fully saturated rings. The van der Waals surface area contributed by atoms with Crippen LogP contribution in [0, 0.1) is 0 Å². The Morgan fingerprint density at radius 3 is 2.10 bits per heavy atom. The van der Waals surface area contributed by atoms with E-state index in [2.05, 4.69) is 16.8 Å². The summed E-state index contributed by atoms with van der Waals surface area (Å²) in [5.41, 5.74) is 2.07. The third-order valence-electron chi connectivity index (χ3n) is 6.93. The lowest BCUT2D eigenvalue weighted by Gasteiger charge is -2.37. The molecule has 0 bridgehead atoms. The summed E-state index contributed by atoms with van der Waals surface area (Å²) in [5, 5.41) is 0. The lowest BCUT2D eigenvalue weighted by molar-refractivity contribution is -0.140. The van der Waals surface area contributed by atoms with Crippen molar-refractivity contribution in [3.63, 3.8) is 0 Å². The van der Waals surface area contributed by atoms with Gasteiger partial charge in [-0.05, 0) is 51.4 Å². The van der Waals surface area contributed by atoms with Crippen molar-refractivity contribution in [1.82, 2.24) is 14.7 Å². The van der Waals surface area contributed by atoms with Crippen LogP contribution in [0.3, 0.4) is 0 Å². The summed E-state index contributed by atoms with van der Waals surface area (Å²) in [5.74, 6) is -0.176. The highest BCUT2D eigenvalue weighted by Crippen LogP contribution is 2.36. The molecule has 5 nitrogen and oxygen atoms in total. The first kappa shape index (κ1) is 20.1. The van der Waals surface area contributed by atoms with Crippen LogP contribution >= 0.6 is 0 Å². The maximum atomic E-state index is 13.7. The second-order valence-corrected chi connectivity index (χ2v) is 8.86. The summed E-state index contributed by atoms with van der Waals surface area (Å²) >= 11 is 0. The normalized spacial score (nSPS) is 23.0. The summed E-state index contributed by atoms with van der Waals surface area (Å²) < 4.78 is 0. The minimum Gasteiger partial charge on any atom is -0.366 e. The first-order valence-electron chi connectivity index (χ1n) is 11.2. The molecule has 0 spiro atoms. The van der Waals surface area contributed by atoms with E-state index in [-0.39, 0.29) is 17.9 Å². The van der Waals surface area contributed by atoms with Crippen molar-refractivity contribution in [3.8, 4) is 0 Å². The first-order chi connectivity index (χ1) is 14.1. The average molecular weight is 396 g/mol. The number of amides is 2. The Morgan fingerprint density at radius 2 is 1.48 bits per heavy atom. The van der Waals surface area contributed by atoms with Crippen LogP contribution < -0.4 is 0 Å². The Balaban J connectivity index is 1.69. The highest BCUT2D eigenvalue weighted by atomic mass is 16.2. The molecule has 0 N–H and O–H groups in total. The van der Waals surface area contributed by atoms with Crippen LogP contribution in [0.5, 0.6) is 0 Å². The maximum Gasteiger partial charge on any atom is 0.278 e. The molecule has 0 aromatic heterocycles. The van der Waals surface area contributed by atoms with Crippen molar-refractivity contribution in [3.05, 3.63) is 41.6 Å². The van der Waals surface area contributed by atoms with E-state index in [0.29, 0.717) is 17.3 Å². The molecule has 5 heteroatoms. The van der Waals surface area contributed by atoms with Gasteiger partial charge in [0, 0.05) is 19.1 Å². The molecular formula is C24H33N3O2. The SMILES string of the molecule is CN1CCC(N(C)C2=C(c3ccccc3)C(=O)N(C3CCCCCC3)C2=O)CC1. The number of benzene rings is 1. The van der Waals surface area contributed by atoms with E-state index in [4.69, 9.17) is 0 Å². The lowest BCUT2D eigenvalue weighted by Crippen LogP contribution is -2.45. The van der Waals surface area contributed by atoms with Crippen LogP contribution in [0.1, 0.15) is 56.9 Å². The number of hydrogen-bond donors (Lipinski definition) is 0. The molecule has 0 unspecified atom stereocenters. The van der Waals surface area contributed by atoms with E-state index in [9.17, 15) is 9.59 Å². The third-order valence-corrected chi connectivity index (χ3v) is 6.93. The maximum absolute atomic E-state index is 13.7. The van der Waals surface area contributed by atoms with E-state index in [1.807, 2.05) is 37.4 Å². The highest BCUT2D eigenvalue weighted by molar-refractivity contribution is 6.35. The third kappa shape index (κ3) is 3.97. The molecular weight excluding hydrogens is 362 g/mol. The van der Waals surface area contributed by atoms with Gasteiger partial charge >= 0.3 is 0 Å². The number of carbonyl (C=O) groups excluding carboxylic acids is 2. The van der Waals surface area contributed by atoms with Crippen molar-refractivity contribution >= 4 is 17.4 Å². The van der Waals surface area contributed by atoms with Gasteiger partial charge in [0.25, 0.3) is 11.8 Å². The second-order valence-electron chi connectivity index (χ2n) is 8.86. The fraction of sp³-hybridized carbons (Fsp3) is 0.583. The quantitative estimate of drug-likeness (QED) is 0.578. The summed E-state index contributed by atoms with van der Waals surface area (Å²) in [6.45, 7) is 2.05. The van der Waals surface area contributed by atoms with Crippen molar-refractivity contribution < 1.29 is 9.59 Å². The van der Waals surface area contributed by atoms with E-state index < -0.39 is 0 Å². The Bertz CT molecular complexity index is 773. The van der Waals surface area contributed by atoms with Crippen molar-refractivity contribution in [1.29, 1.82) is 0 Å². The van der Waals surface area contributed by atoms with Crippen LogP contribution in [0.25, 0.3) is 5.57 Å². The van der Waals surface area contributed by atoms with Gasteiger partial charge < -0.3 is 9.80 Å². The van der Waals surface area contributed by atoms with Crippen molar-refractivity contribution in [2.24, 2.45) is 0 Å². The highest BCUT2D eigenvalue weighted by Gasteiger charge is 2.45. The van der Waals surface area contributed by atoms with Crippen LogP contribution in [0.2, 0.25) is 0 Å². The Kier molecular flexibility index (Phi) is 6.04. The number of likely N-dealkylation sites (N-methyl/N-ethyl adjacent to an activating group) is 1. The fourth-order valence-corrected chi connectivity index (χ4v) is 5.14. The van der Waals surface area contributed by atoms with E-state index in [1.54, 1.807) is 4.90 Å². The van der Waals surface area contributed by atoms with Gasteiger partial charge in [0.1, 0.15) is 5.70 Å². The number of carbonyl (C=O) groups is 2. The smallest absolute Gasteiger partial charge is 0.278 e. The Hall–Kier alpha value is -2.14. The molecule has 2 heterocycles. The fourth-order valence-electron chi connectivity index (χ4n) is 5.14. The lowest BCUT2D eigenvalue weighted by atomic mass is 10.0. The number of likely N-dealkylation sites (tertiary alicyclic amines) is 1. The minimum absolute atomic E-state index is 0.0413. The van der Waals surface area contributed by atoms with Crippen molar-refractivity contribution in [2.75, 3.05) is 27.2 Å². The molecule has 156 valence electrons. The predicted molar refractivity (Wildman–Crippen MR) is 115 cm³/mol. The van der Waals surface area contributed by atoms with Gasteiger partial charge in [-0.3, -0.25) is 14.5 Å². The van der Waals surface area contributed by atoms with Crippen LogP contribution in [-0.4, -0.2) is 65.8 Å². The number of imide groups is 1. The van der Waals surface area contributed by atoms with Gasteiger partial charge in [-0.15, -0.1) is 0 Å². The van der Waals surface area contributed by atoms with Crippen LogP contribution in [-0.2, 0) is 9.59 Å². The van der Waals surface area contributed by atoms with Gasteiger partial charge in [-0.25, -0.2) is 0 Å². The van der Waals surface area contributed by atoms with E-state index >= 15 is 0 Å². The zero-order chi connectivity index (χ0) is 20.4. The molecule has 1 aromatic rings. The Labute approximate surface area is 174 Å². The average Bonchev–Trinajstić information content (AvgIpc) is 2.90. The zero-order valence-electron chi connectivity index (χ0n) is 17.8. The van der Waals surface area contributed by atoms with Gasteiger partial charge in [-0.2, -0.15) is 0 Å². The predicted octanol–water partition coefficient (Wildman–Crippen LogP) is 3.52. The molecule has 1 aromatic carbocycles. The second kappa shape index (κ2) is 8.70.